The van der Waals surface area contributed by atoms with E-state index in [1.165, 1.54) is 31.5 Å². The van der Waals surface area contributed by atoms with Crippen LogP contribution in [-0.2, 0) is 21.2 Å². The van der Waals surface area contributed by atoms with Crippen LogP contribution < -0.4 is 26.0 Å². The van der Waals surface area contributed by atoms with E-state index in [1.54, 1.807) is 48.2 Å². The number of fused-ring (bicyclic) bond motifs is 2. The lowest BCUT2D eigenvalue weighted by Gasteiger charge is -2.21. The molecule has 0 aliphatic carbocycles. The number of amides is 2. The third kappa shape index (κ3) is 6.23. The van der Waals surface area contributed by atoms with Gasteiger partial charge in [-0.15, -0.1) is 0 Å². The van der Waals surface area contributed by atoms with E-state index >= 15 is 0 Å². The second-order valence-corrected chi connectivity index (χ2v) is 13.5. The van der Waals surface area contributed by atoms with Gasteiger partial charge in [-0.3, -0.25) is 9.59 Å². The summed E-state index contributed by atoms with van der Waals surface area (Å²) in [5.41, 5.74) is 7.13. The maximum absolute atomic E-state index is 14.7. The van der Waals surface area contributed by atoms with Crippen LogP contribution in [0.1, 0.15) is 21.5 Å². The molecule has 2 amide bonds. The zero-order valence-electron chi connectivity index (χ0n) is 26.9. The number of nitrogens with two attached hydrogens (primary N) is 1. The molecule has 16 heteroatoms. The van der Waals surface area contributed by atoms with E-state index in [4.69, 9.17) is 10.5 Å². The summed E-state index contributed by atoms with van der Waals surface area (Å²) in [7, 11) is 0.893. The molecule has 3 aromatic carbocycles. The summed E-state index contributed by atoms with van der Waals surface area (Å²) in [5, 5.41) is 6.06. The molecule has 2 aromatic heterocycles. The van der Waals surface area contributed by atoms with Gasteiger partial charge >= 0.3 is 0 Å². The molecule has 0 radical (unpaired) electrons. The molecule has 0 saturated carbocycles. The molecular formula is C33H32F2N8O5S. The Bertz CT molecular complexity index is 2240. The lowest BCUT2D eigenvalue weighted by atomic mass is 10.1. The van der Waals surface area contributed by atoms with Crippen molar-refractivity contribution >= 4 is 61.7 Å². The van der Waals surface area contributed by atoms with E-state index in [-0.39, 0.29) is 45.8 Å². The minimum absolute atomic E-state index is 0.00220. The summed E-state index contributed by atoms with van der Waals surface area (Å²) >= 11 is 0. The minimum Gasteiger partial charge on any atom is -0.495 e. The van der Waals surface area contributed by atoms with Gasteiger partial charge in [0.05, 0.1) is 35.3 Å². The standard InChI is InChI=1S/C33H32F2N8O5S/c1-18-5-7-20(8-6-18)49(46,47)43-14-12-21-31(37-23-10-9-22(34)29(35)28(23)30(36)45)39-33(40-32(21)43)38-24-16-25-19(15-26(24)48-4)11-13-42(25)27(44)17-41(2)3/h5-10,12,14-16H,11,13,17H2,1-4H3,(H2,36,45)(H2,37,38,39,40). The Labute approximate surface area is 280 Å². The third-order valence-electron chi connectivity index (χ3n) is 7.98. The summed E-state index contributed by atoms with van der Waals surface area (Å²) in [6, 6.07) is 13.1. The summed E-state index contributed by atoms with van der Waals surface area (Å²) in [6.45, 7) is 2.51. The number of aryl methyl sites for hydroxylation is 1. The Morgan fingerprint density at radius 2 is 1.76 bits per heavy atom. The van der Waals surface area contributed by atoms with E-state index < -0.39 is 33.1 Å². The van der Waals surface area contributed by atoms with Crippen LogP contribution in [-0.4, -0.2) is 73.4 Å². The number of nitrogens with one attached hydrogen (secondary N) is 2. The molecule has 6 rings (SSSR count). The van der Waals surface area contributed by atoms with E-state index in [2.05, 4.69) is 20.6 Å². The zero-order valence-corrected chi connectivity index (χ0v) is 27.7. The Morgan fingerprint density at radius 3 is 2.43 bits per heavy atom. The maximum Gasteiger partial charge on any atom is 0.269 e. The van der Waals surface area contributed by atoms with Crippen LogP contribution in [0.3, 0.4) is 0 Å². The molecule has 0 unspecified atom stereocenters. The fraction of sp³-hybridized carbons (Fsp3) is 0.212. The van der Waals surface area contributed by atoms with Gasteiger partial charge in [0.15, 0.2) is 17.3 Å². The average Bonchev–Trinajstić information content (AvgIpc) is 3.67. The molecule has 0 spiro atoms. The van der Waals surface area contributed by atoms with Gasteiger partial charge < -0.3 is 30.9 Å². The molecule has 254 valence electrons. The van der Waals surface area contributed by atoms with Gasteiger partial charge in [-0.2, -0.15) is 9.97 Å². The summed E-state index contributed by atoms with van der Waals surface area (Å²) < 4.78 is 63.1. The van der Waals surface area contributed by atoms with Gasteiger partial charge in [0.25, 0.3) is 15.9 Å². The summed E-state index contributed by atoms with van der Waals surface area (Å²) in [6.07, 6.45) is 1.90. The normalized spacial score (nSPS) is 12.8. The van der Waals surface area contributed by atoms with Crippen LogP contribution in [0.4, 0.5) is 37.6 Å². The fourth-order valence-corrected chi connectivity index (χ4v) is 6.90. The third-order valence-corrected chi connectivity index (χ3v) is 9.66. The maximum atomic E-state index is 14.7. The molecule has 4 N–H and O–H groups in total. The molecule has 3 heterocycles. The number of anilines is 5. The van der Waals surface area contributed by atoms with Crippen molar-refractivity contribution in [1.82, 2.24) is 18.8 Å². The van der Waals surface area contributed by atoms with E-state index in [0.717, 1.165) is 27.2 Å². The predicted octanol–water partition coefficient (Wildman–Crippen LogP) is 4.30. The quantitative estimate of drug-likeness (QED) is 0.193. The van der Waals surface area contributed by atoms with Crippen LogP contribution in [0.5, 0.6) is 5.75 Å². The average molecular weight is 691 g/mol. The van der Waals surface area contributed by atoms with Crippen molar-refractivity contribution in [3.63, 3.8) is 0 Å². The number of aromatic nitrogens is 3. The topological polar surface area (TPSA) is 165 Å². The van der Waals surface area contributed by atoms with Crippen molar-refractivity contribution < 1.29 is 31.5 Å². The van der Waals surface area contributed by atoms with Gasteiger partial charge in [0.1, 0.15) is 17.1 Å². The Hall–Kier alpha value is -5.61. The van der Waals surface area contributed by atoms with Crippen molar-refractivity contribution in [2.24, 2.45) is 5.73 Å². The van der Waals surface area contributed by atoms with Crippen LogP contribution in [0, 0.1) is 18.6 Å². The number of carbonyl (C=O) groups excluding carboxylic acids is 2. The van der Waals surface area contributed by atoms with E-state index in [1.807, 2.05) is 6.92 Å². The predicted molar refractivity (Wildman–Crippen MR) is 180 cm³/mol. The monoisotopic (exact) mass is 690 g/mol. The molecule has 1 aliphatic rings. The molecule has 0 saturated heterocycles. The molecule has 49 heavy (non-hydrogen) atoms. The highest BCUT2D eigenvalue weighted by Gasteiger charge is 2.28. The first kappa shape index (κ1) is 33.3. The number of primary amides is 1. The molecular weight excluding hydrogens is 658 g/mol. The van der Waals surface area contributed by atoms with Gasteiger partial charge in [-0.1, -0.05) is 17.7 Å². The first-order valence-corrected chi connectivity index (χ1v) is 16.4. The van der Waals surface area contributed by atoms with Crippen LogP contribution in [0.25, 0.3) is 11.0 Å². The lowest BCUT2D eigenvalue weighted by molar-refractivity contribution is -0.119. The van der Waals surface area contributed by atoms with E-state index in [9.17, 15) is 26.8 Å². The Balaban J connectivity index is 1.51. The summed E-state index contributed by atoms with van der Waals surface area (Å²) in [4.78, 5) is 37.7. The van der Waals surface area contributed by atoms with Gasteiger partial charge in [0, 0.05) is 18.4 Å². The number of nitrogens with zero attached hydrogens (tertiary/aromatic N) is 5. The molecule has 0 bridgehead atoms. The number of hydrogen-bond donors (Lipinski definition) is 3. The van der Waals surface area contributed by atoms with Crippen molar-refractivity contribution in [2.75, 3.05) is 49.8 Å². The fourth-order valence-electron chi connectivity index (χ4n) is 5.60. The van der Waals surface area contributed by atoms with Crippen LogP contribution >= 0.6 is 0 Å². The first-order chi connectivity index (χ1) is 23.3. The molecule has 13 nitrogen and oxygen atoms in total. The number of methoxy groups -OCH3 is 1. The van der Waals surface area contributed by atoms with Crippen molar-refractivity contribution in [1.29, 1.82) is 0 Å². The molecule has 1 aliphatic heterocycles. The van der Waals surface area contributed by atoms with Crippen LogP contribution in [0.2, 0.25) is 0 Å². The molecule has 0 atom stereocenters. The van der Waals surface area contributed by atoms with E-state index in [0.29, 0.717) is 30.1 Å². The smallest absolute Gasteiger partial charge is 0.269 e. The Morgan fingerprint density at radius 1 is 1.02 bits per heavy atom. The largest absolute Gasteiger partial charge is 0.495 e. The minimum atomic E-state index is -4.19. The number of halogens is 2. The zero-order chi connectivity index (χ0) is 35.2. The number of carbonyl (C=O) groups is 2. The number of benzene rings is 3. The van der Waals surface area contributed by atoms with Gasteiger partial charge in [-0.25, -0.2) is 21.2 Å². The number of likely N-dealkylation sites (N-methyl/N-ethyl adjacent to an activating group) is 1. The second kappa shape index (κ2) is 12.8. The highest BCUT2D eigenvalue weighted by Crippen LogP contribution is 2.39. The number of hydrogen-bond acceptors (Lipinski definition) is 10. The highest BCUT2D eigenvalue weighted by molar-refractivity contribution is 7.90. The SMILES string of the molecule is COc1cc2c(cc1Nc1nc(Nc3ccc(F)c(F)c3C(N)=O)c3ccn(S(=O)(=O)c4ccc(C)cc4)c3n1)N(C(=O)CN(C)C)CC2. The lowest BCUT2D eigenvalue weighted by Crippen LogP contribution is -2.36. The van der Waals surface area contributed by atoms with Crippen molar-refractivity contribution in [2.45, 2.75) is 18.2 Å². The van der Waals surface area contributed by atoms with Crippen molar-refractivity contribution in [3.05, 3.63) is 89.1 Å². The molecule has 0 fully saturated rings. The number of ether oxygens (including phenoxy) is 1. The number of rotatable bonds is 10. The summed E-state index contributed by atoms with van der Waals surface area (Å²) in [5.74, 6) is -3.86. The van der Waals surface area contributed by atoms with Gasteiger partial charge in [-0.05, 0) is 75.5 Å². The first-order valence-electron chi connectivity index (χ1n) is 15.0. The highest BCUT2D eigenvalue weighted by atomic mass is 32.2. The second-order valence-electron chi connectivity index (χ2n) is 11.7. The van der Waals surface area contributed by atoms with Crippen LogP contribution in [0.15, 0.2) is 65.7 Å². The molecule has 5 aromatic rings. The van der Waals surface area contributed by atoms with Gasteiger partial charge in [0.2, 0.25) is 11.9 Å². The van der Waals surface area contributed by atoms with Crippen molar-refractivity contribution in [3.8, 4) is 5.75 Å². The Kier molecular flexibility index (Phi) is 8.68.